The molecule has 1 amide bonds. The van der Waals surface area contributed by atoms with Crippen LogP contribution in [0.15, 0.2) is 24.5 Å². The van der Waals surface area contributed by atoms with Crippen LogP contribution in [0.2, 0.25) is 0 Å². The Labute approximate surface area is 132 Å². The van der Waals surface area contributed by atoms with E-state index in [0.717, 1.165) is 13.0 Å². The van der Waals surface area contributed by atoms with E-state index < -0.39 is 0 Å². The van der Waals surface area contributed by atoms with Crippen molar-refractivity contribution in [1.29, 1.82) is 0 Å². The molecule has 0 aliphatic heterocycles. The fourth-order valence-electron chi connectivity index (χ4n) is 2.13. The number of nitrogens with zero attached hydrogens (tertiary/aromatic N) is 3. The molecule has 1 aromatic rings. The van der Waals surface area contributed by atoms with Crippen molar-refractivity contribution in [2.75, 3.05) is 40.8 Å². The average molecular weight is 307 g/mol. The molecule has 1 atom stereocenters. The van der Waals surface area contributed by atoms with E-state index in [2.05, 4.69) is 9.88 Å². The van der Waals surface area contributed by atoms with Gasteiger partial charge in [0.25, 0.3) is 5.91 Å². The Bertz CT molecular complexity index is 477. The van der Waals surface area contributed by atoms with Crippen molar-refractivity contribution in [1.82, 2.24) is 14.8 Å². The van der Waals surface area contributed by atoms with Gasteiger partial charge in [-0.3, -0.25) is 14.6 Å². The fraction of sp³-hybridized carbons (Fsp3) is 0.562. The number of carbonyl (C=O) groups excluding carboxylic acids is 2. The van der Waals surface area contributed by atoms with E-state index >= 15 is 0 Å². The molecule has 6 nitrogen and oxygen atoms in total. The second-order valence-corrected chi connectivity index (χ2v) is 5.57. The van der Waals surface area contributed by atoms with E-state index in [9.17, 15) is 9.59 Å². The number of esters is 1. The Morgan fingerprint density at radius 2 is 2.05 bits per heavy atom. The molecule has 1 rings (SSSR count). The number of hydrogen-bond donors (Lipinski definition) is 0. The van der Waals surface area contributed by atoms with Crippen LogP contribution in [0, 0.1) is 5.92 Å². The van der Waals surface area contributed by atoms with E-state index in [1.54, 1.807) is 36.4 Å². The molecular weight excluding hydrogens is 282 g/mol. The van der Waals surface area contributed by atoms with E-state index in [1.165, 1.54) is 7.11 Å². The van der Waals surface area contributed by atoms with Crippen molar-refractivity contribution in [3.8, 4) is 0 Å². The van der Waals surface area contributed by atoms with Gasteiger partial charge in [-0.1, -0.05) is 6.92 Å². The van der Waals surface area contributed by atoms with Gasteiger partial charge in [0.2, 0.25) is 0 Å². The topological polar surface area (TPSA) is 62.7 Å². The molecule has 1 heterocycles. The minimum absolute atomic E-state index is 0.109. The Morgan fingerprint density at radius 3 is 2.59 bits per heavy atom. The van der Waals surface area contributed by atoms with Crippen molar-refractivity contribution in [3.63, 3.8) is 0 Å². The Balaban J connectivity index is 2.76. The smallest absolute Gasteiger partial charge is 0.310 e. The van der Waals surface area contributed by atoms with Crippen LogP contribution >= 0.6 is 0 Å². The predicted octanol–water partition coefficient (Wildman–Crippen LogP) is 1.28. The molecule has 0 aromatic carbocycles. The molecule has 0 bridgehead atoms. The molecule has 0 N–H and O–H groups in total. The van der Waals surface area contributed by atoms with E-state index in [0.29, 0.717) is 18.7 Å². The van der Waals surface area contributed by atoms with E-state index in [4.69, 9.17) is 4.74 Å². The van der Waals surface area contributed by atoms with Crippen LogP contribution in [0.3, 0.4) is 0 Å². The number of amides is 1. The molecule has 0 saturated carbocycles. The maximum absolute atomic E-state index is 12.6. The zero-order valence-corrected chi connectivity index (χ0v) is 13.8. The van der Waals surface area contributed by atoms with Gasteiger partial charge in [-0.25, -0.2) is 0 Å². The maximum Gasteiger partial charge on any atom is 0.310 e. The van der Waals surface area contributed by atoms with Crippen molar-refractivity contribution < 1.29 is 14.3 Å². The van der Waals surface area contributed by atoms with Gasteiger partial charge >= 0.3 is 5.97 Å². The van der Waals surface area contributed by atoms with Gasteiger partial charge < -0.3 is 14.5 Å². The van der Waals surface area contributed by atoms with Crippen LogP contribution < -0.4 is 0 Å². The summed E-state index contributed by atoms with van der Waals surface area (Å²) in [5.41, 5.74) is 0.532. The van der Waals surface area contributed by atoms with Crippen molar-refractivity contribution >= 4 is 11.9 Å². The summed E-state index contributed by atoms with van der Waals surface area (Å²) in [6.45, 7) is 3.58. The number of carbonyl (C=O) groups is 2. The second kappa shape index (κ2) is 9.15. The first-order valence-corrected chi connectivity index (χ1v) is 7.37. The summed E-state index contributed by atoms with van der Waals surface area (Å²) in [6, 6.07) is 3.46. The summed E-state index contributed by atoms with van der Waals surface area (Å²) in [5.74, 6) is -0.774. The van der Waals surface area contributed by atoms with Gasteiger partial charge in [-0.2, -0.15) is 0 Å². The van der Waals surface area contributed by atoms with Gasteiger partial charge in [-0.05, 0) is 39.2 Å². The SMILES string of the molecule is COC(=O)C(C)CN(CCCN(C)C)C(=O)c1cccnc1. The Hall–Kier alpha value is -1.95. The number of pyridine rings is 1. The summed E-state index contributed by atoms with van der Waals surface area (Å²) >= 11 is 0. The summed E-state index contributed by atoms with van der Waals surface area (Å²) in [7, 11) is 5.34. The minimum atomic E-state index is -0.357. The first-order valence-electron chi connectivity index (χ1n) is 7.37. The lowest BCUT2D eigenvalue weighted by Gasteiger charge is -2.25. The minimum Gasteiger partial charge on any atom is -0.469 e. The normalized spacial score (nSPS) is 12.0. The van der Waals surface area contributed by atoms with E-state index in [1.807, 2.05) is 14.1 Å². The molecule has 22 heavy (non-hydrogen) atoms. The highest BCUT2D eigenvalue weighted by molar-refractivity contribution is 5.94. The van der Waals surface area contributed by atoms with Crippen LogP contribution in [-0.2, 0) is 9.53 Å². The number of aromatic nitrogens is 1. The largest absolute Gasteiger partial charge is 0.469 e. The lowest BCUT2D eigenvalue weighted by molar-refractivity contribution is -0.145. The lowest BCUT2D eigenvalue weighted by Crippen LogP contribution is -2.38. The van der Waals surface area contributed by atoms with Crippen LogP contribution in [0.5, 0.6) is 0 Å². The monoisotopic (exact) mass is 307 g/mol. The first-order chi connectivity index (χ1) is 10.5. The molecule has 0 radical (unpaired) electrons. The summed E-state index contributed by atoms with van der Waals surface area (Å²) in [5, 5.41) is 0. The molecular formula is C16H25N3O3. The zero-order valence-electron chi connectivity index (χ0n) is 13.8. The fourth-order valence-corrected chi connectivity index (χ4v) is 2.13. The summed E-state index contributed by atoms with van der Waals surface area (Å²) in [6.07, 6.45) is 4.02. The van der Waals surface area contributed by atoms with Crippen LogP contribution in [0.1, 0.15) is 23.7 Å². The predicted molar refractivity (Wildman–Crippen MR) is 84.5 cm³/mol. The maximum atomic E-state index is 12.6. The molecule has 0 saturated heterocycles. The molecule has 1 aromatic heterocycles. The molecule has 0 spiro atoms. The van der Waals surface area contributed by atoms with Crippen LogP contribution in [0.4, 0.5) is 0 Å². The van der Waals surface area contributed by atoms with Gasteiger partial charge in [0, 0.05) is 25.5 Å². The molecule has 0 aliphatic carbocycles. The third-order valence-electron chi connectivity index (χ3n) is 3.33. The molecule has 122 valence electrons. The number of hydrogen-bond acceptors (Lipinski definition) is 5. The average Bonchev–Trinajstić information content (AvgIpc) is 2.52. The zero-order chi connectivity index (χ0) is 16.5. The highest BCUT2D eigenvalue weighted by Gasteiger charge is 2.22. The Morgan fingerprint density at radius 1 is 1.32 bits per heavy atom. The molecule has 0 aliphatic rings. The summed E-state index contributed by atoms with van der Waals surface area (Å²) in [4.78, 5) is 31.9. The third-order valence-corrected chi connectivity index (χ3v) is 3.33. The van der Waals surface area contributed by atoms with Crippen LogP contribution in [-0.4, -0.2) is 67.5 Å². The molecule has 0 fully saturated rings. The van der Waals surface area contributed by atoms with Gasteiger partial charge in [0.05, 0.1) is 18.6 Å². The number of methoxy groups -OCH3 is 1. The van der Waals surface area contributed by atoms with Crippen molar-refractivity contribution in [3.05, 3.63) is 30.1 Å². The quantitative estimate of drug-likeness (QED) is 0.677. The second-order valence-electron chi connectivity index (χ2n) is 5.57. The highest BCUT2D eigenvalue weighted by atomic mass is 16.5. The number of rotatable bonds is 8. The number of ether oxygens (including phenoxy) is 1. The first kappa shape index (κ1) is 18.1. The standard InChI is InChI=1S/C16H25N3O3/c1-13(16(21)22-4)12-19(10-6-9-18(2)3)15(20)14-7-5-8-17-11-14/h5,7-8,11,13H,6,9-10,12H2,1-4H3. The lowest BCUT2D eigenvalue weighted by atomic mass is 10.1. The third kappa shape index (κ3) is 5.81. The van der Waals surface area contributed by atoms with E-state index in [-0.39, 0.29) is 17.8 Å². The van der Waals surface area contributed by atoms with Gasteiger partial charge in [-0.15, -0.1) is 0 Å². The van der Waals surface area contributed by atoms with Gasteiger partial charge in [0.1, 0.15) is 0 Å². The van der Waals surface area contributed by atoms with Crippen LogP contribution in [0.25, 0.3) is 0 Å². The molecule has 1 unspecified atom stereocenters. The van der Waals surface area contributed by atoms with Crippen molar-refractivity contribution in [2.45, 2.75) is 13.3 Å². The molecule has 6 heteroatoms. The van der Waals surface area contributed by atoms with Gasteiger partial charge in [0.15, 0.2) is 0 Å². The summed E-state index contributed by atoms with van der Waals surface area (Å²) < 4.78 is 4.74. The van der Waals surface area contributed by atoms with Crippen molar-refractivity contribution in [2.24, 2.45) is 5.92 Å². The Kier molecular flexibility index (Phi) is 7.52. The highest BCUT2D eigenvalue weighted by Crippen LogP contribution is 2.09.